The number of aromatic nitrogens is 2. The molecule has 0 unspecified atom stereocenters. The highest BCUT2D eigenvalue weighted by Crippen LogP contribution is 2.24. The smallest absolute Gasteiger partial charge is 0.101 e. The van der Waals surface area contributed by atoms with Crippen molar-refractivity contribution in [2.45, 2.75) is 26.3 Å². The van der Waals surface area contributed by atoms with Crippen LogP contribution in [0, 0.1) is 11.3 Å². The molecule has 1 aromatic carbocycles. The lowest BCUT2D eigenvalue weighted by Gasteiger charge is -2.36. The number of piperazine rings is 1. The van der Waals surface area contributed by atoms with Gasteiger partial charge < -0.3 is 4.90 Å². The maximum atomic E-state index is 9.26. The standard InChI is InChI=1S/C17H21N5S/c1-13(2)17-16(23-20-19-17)12-21-7-9-22(10-8-21)15-6-4-3-5-14(15)11-18/h3-6,13H,7-10,12H2,1-2H3. The molecule has 0 radical (unpaired) electrons. The van der Waals surface area contributed by atoms with E-state index in [1.54, 1.807) is 0 Å². The third-order valence-corrected chi connectivity index (χ3v) is 4.96. The number of hydrogen-bond donors (Lipinski definition) is 0. The van der Waals surface area contributed by atoms with E-state index in [1.165, 1.54) is 16.4 Å². The number of rotatable bonds is 4. The Kier molecular flexibility index (Phi) is 4.89. The average Bonchev–Trinajstić information content (AvgIpc) is 3.04. The Bertz CT molecular complexity index is 695. The van der Waals surface area contributed by atoms with Crippen molar-refractivity contribution < 1.29 is 0 Å². The highest BCUT2D eigenvalue weighted by atomic mass is 32.1. The molecular weight excluding hydrogens is 306 g/mol. The second-order valence-electron chi connectivity index (χ2n) is 6.13. The minimum absolute atomic E-state index is 0.424. The number of para-hydroxylation sites is 1. The lowest BCUT2D eigenvalue weighted by atomic mass is 10.1. The summed E-state index contributed by atoms with van der Waals surface area (Å²) in [7, 11) is 0. The highest BCUT2D eigenvalue weighted by Gasteiger charge is 2.21. The summed E-state index contributed by atoms with van der Waals surface area (Å²) in [6.45, 7) is 9.14. The van der Waals surface area contributed by atoms with Crippen LogP contribution in [0.25, 0.3) is 0 Å². The van der Waals surface area contributed by atoms with Crippen molar-refractivity contribution in [2.75, 3.05) is 31.1 Å². The molecule has 3 rings (SSSR count). The van der Waals surface area contributed by atoms with Gasteiger partial charge in [0.25, 0.3) is 0 Å². The predicted molar refractivity (Wildman–Crippen MR) is 92.6 cm³/mol. The van der Waals surface area contributed by atoms with Crippen molar-refractivity contribution in [2.24, 2.45) is 0 Å². The fraction of sp³-hybridized carbons (Fsp3) is 0.471. The summed E-state index contributed by atoms with van der Waals surface area (Å²) >= 11 is 1.52. The van der Waals surface area contributed by atoms with Crippen LogP contribution in [0.3, 0.4) is 0 Å². The van der Waals surface area contributed by atoms with Crippen LogP contribution in [-0.2, 0) is 6.54 Å². The van der Waals surface area contributed by atoms with E-state index in [-0.39, 0.29) is 0 Å². The summed E-state index contributed by atoms with van der Waals surface area (Å²) < 4.78 is 4.11. The van der Waals surface area contributed by atoms with Gasteiger partial charge in [-0.3, -0.25) is 4.90 Å². The first kappa shape index (κ1) is 15.9. The number of hydrogen-bond acceptors (Lipinski definition) is 6. The summed E-state index contributed by atoms with van der Waals surface area (Å²) in [5.41, 5.74) is 2.94. The zero-order valence-corrected chi connectivity index (χ0v) is 14.4. The highest BCUT2D eigenvalue weighted by molar-refractivity contribution is 7.05. The molecular formula is C17H21N5S. The van der Waals surface area contributed by atoms with E-state index in [9.17, 15) is 5.26 Å². The first-order valence-electron chi connectivity index (χ1n) is 7.96. The molecule has 0 atom stereocenters. The van der Waals surface area contributed by atoms with Crippen LogP contribution >= 0.6 is 11.5 Å². The van der Waals surface area contributed by atoms with Crippen LogP contribution in [0.2, 0.25) is 0 Å². The zero-order valence-electron chi connectivity index (χ0n) is 13.6. The number of nitrogens with zero attached hydrogens (tertiary/aromatic N) is 5. The molecule has 0 amide bonds. The molecule has 0 spiro atoms. The van der Waals surface area contributed by atoms with E-state index in [0.717, 1.165) is 49.7 Å². The number of nitriles is 1. The van der Waals surface area contributed by atoms with Crippen molar-refractivity contribution in [3.8, 4) is 6.07 Å². The quantitative estimate of drug-likeness (QED) is 0.864. The molecule has 23 heavy (non-hydrogen) atoms. The van der Waals surface area contributed by atoms with E-state index >= 15 is 0 Å². The van der Waals surface area contributed by atoms with Crippen LogP contribution < -0.4 is 4.90 Å². The van der Waals surface area contributed by atoms with Gasteiger partial charge >= 0.3 is 0 Å². The topological polar surface area (TPSA) is 56.1 Å². The summed E-state index contributed by atoms with van der Waals surface area (Å²) in [5, 5.41) is 13.5. The SMILES string of the molecule is CC(C)c1nnsc1CN1CCN(c2ccccc2C#N)CC1. The maximum absolute atomic E-state index is 9.26. The Balaban J connectivity index is 1.63. The lowest BCUT2D eigenvalue weighted by molar-refractivity contribution is 0.251. The first-order valence-corrected chi connectivity index (χ1v) is 8.74. The molecule has 1 aliphatic rings. The van der Waals surface area contributed by atoms with Gasteiger partial charge in [0.1, 0.15) is 6.07 Å². The van der Waals surface area contributed by atoms with Crippen LogP contribution in [0.1, 0.15) is 35.9 Å². The molecule has 2 aromatic rings. The first-order chi connectivity index (χ1) is 11.2. The van der Waals surface area contributed by atoms with E-state index in [1.807, 2.05) is 24.3 Å². The van der Waals surface area contributed by atoms with Crippen LogP contribution in [0.4, 0.5) is 5.69 Å². The van der Waals surface area contributed by atoms with Gasteiger partial charge in [-0.1, -0.05) is 30.5 Å². The predicted octanol–water partition coefficient (Wildman–Crippen LogP) is 2.86. The second-order valence-corrected chi connectivity index (χ2v) is 6.97. The second kappa shape index (κ2) is 7.07. The van der Waals surface area contributed by atoms with Gasteiger partial charge in [-0.2, -0.15) is 5.26 Å². The molecule has 0 N–H and O–H groups in total. The van der Waals surface area contributed by atoms with Crippen molar-refractivity contribution in [1.82, 2.24) is 14.5 Å². The Hall–Kier alpha value is -1.97. The van der Waals surface area contributed by atoms with E-state index in [2.05, 4.69) is 39.3 Å². The molecule has 2 heterocycles. The molecule has 1 aromatic heterocycles. The summed E-state index contributed by atoms with van der Waals surface area (Å²) in [6.07, 6.45) is 0. The van der Waals surface area contributed by atoms with Gasteiger partial charge in [0.15, 0.2) is 0 Å². The third-order valence-electron chi connectivity index (χ3n) is 4.24. The van der Waals surface area contributed by atoms with Crippen molar-refractivity contribution in [3.63, 3.8) is 0 Å². The molecule has 1 fully saturated rings. The largest absolute Gasteiger partial charge is 0.368 e. The minimum atomic E-state index is 0.424. The third kappa shape index (κ3) is 3.52. The van der Waals surface area contributed by atoms with Gasteiger partial charge in [0.05, 0.1) is 21.8 Å². The van der Waals surface area contributed by atoms with Crippen LogP contribution in [0.5, 0.6) is 0 Å². The van der Waals surface area contributed by atoms with Crippen molar-refractivity contribution >= 4 is 17.2 Å². The fourth-order valence-corrected chi connectivity index (χ4v) is 3.80. The minimum Gasteiger partial charge on any atom is -0.368 e. The molecule has 0 aliphatic carbocycles. The van der Waals surface area contributed by atoms with Gasteiger partial charge in [-0.05, 0) is 29.6 Å². The van der Waals surface area contributed by atoms with Crippen LogP contribution in [0.15, 0.2) is 24.3 Å². The number of benzene rings is 1. The summed E-state index contributed by atoms with van der Waals surface area (Å²) in [5.74, 6) is 0.424. The molecule has 1 aliphatic heterocycles. The van der Waals surface area contributed by atoms with E-state index < -0.39 is 0 Å². The molecule has 5 nitrogen and oxygen atoms in total. The number of anilines is 1. The van der Waals surface area contributed by atoms with E-state index in [4.69, 9.17) is 0 Å². The van der Waals surface area contributed by atoms with Crippen LogP contribution in [-0.4, -0.2) is 40.7 Å². The fourth-order valence-electron chi connectivity index (χ4n) is 2.96. The van der Waals surface area contributed by atoms with Crippen molar-refractivity contribution in [3.05, 3.63) is 40.4 Å². The van der Waals surface area contributed by atoms with Gasteiger partial charge in [0.2, 0.25) is 0 Å². The Morgan fingerprint density at radius 3 is 2.65 bits per heavy atom. The monoisotopic (exact) mass is 327 g/mol. The summed E-state index contributed by atoms with van der Waals surface area (Å²) in [6, 6.07) is 10.1. The van der Waals surface area contributed by atoms with Crippen molar-refractivity contribution in [1.29, 1.82) is 5.26 Å². The Morgan fingerprint density at radius 2 is 1.96 bits per heavy atom. The zero-order chi connectivity index (χ0) is 16.2. The van der Waals surface area contributed by atoms with Gasteiger partial charge in [0, 0.05) is 32.7 Å². The molecule has 0 saturated carbocycles. The Labute approximate surface area is 141 Å². The normalized spacial score (nSPS) is 15.8. The molecule has 1 saturated heterocycles. The Morgan fingerprint density at radius 1 is 1.22 bits per heavy atom. The average molecular weight is 327 g/mol. The van der Waals surface area contributed by atoms with Gasteiger partial charge in [-0.15, -0.1) is 5.10 Å². The molecule has 120 valence electrons. The molecule has 6 heteroatoms. The van der Waals surface area contributed by atoms with E-state index in [0.29, 0.717) is 5.92 Å². The van der Waals surface area contributed by atoms with Gasteiger partial charge in [-0.25, -0.2) is 0 Å². The summed E-state index contributed by atoms with van der Waals surface area (Å²) in [4.78, 5) is 6.04. The maximum Gasteiger partial charge on any atom is 0.101 e. The lowest BCUT2D eigenvalue weighted by Crippen LogP contribution is -2.46. The molecule has 0 bridgehead atoms.